The molecule has 40 heavy (non-hydrogen) atoms. The van der Waals surface area contributed by atoms with Crippen LogP contribution in [0.15, 0.2) is 83.8 Å². The number of sulfonamides is 1. The van der Waals surface area contributed by atoms with E-state index >= 15 is 0 Å². The van der Waals surface area contributed by atoms with Gasteiger partial charge in [-0.05, 0) is 89.5 Å². The highest BCUT2D eigenvalue weighted by molar-refractivity contribution is 14.1. The van der Waals surface area contributed by atoms with Crippen LogP contribution in [0.2, 0.25) is 0 Å². The molecule has 0 unspecified atom stereocenters. The number of ether oxygens (including phenoxy) is 1. The smallest absolute Gasteiger partial charge is 0.264 e. The lowest BCUT2D eigenvalue weighted by molar-refractivity contribution is -0.140. The Bertz CT molecular complexity index is 1370. The van der Waals surface area contributed by atoms with Crippen LogP contribution in [0.4, 0.5) is 5.69 Å². The summed E-state index contributed by atoms with van der Waals surface area (Å²) >= 11 is 2.14. The van der Waals surface area contributed by atoms with E-state index in [1.165, 1.54) is 17.0 Å². The van der Waals surface area contributed by atoms with Gasteiger partial charge in [0.25, 0.3) is 10.0 Å². The van der Waals surface area contributed by atoms with Crippen molar-refractivity contribution in [2.24, 2.45) is 0 Å². The molecule has 0 fully saturated rings. The summed E-state index contributed by atoms with van der Waals surface area (Å²) in [4.78, 5) is 28.9. The van der Waals surface area contributed by atoms with Crippen molar-refractivity contribution < 1.29 is 22.7 Å². The van der Waals surface area contributed by atoms with Crippen molar-refractivity contribution in [3.63, 3.8) is 0 Å². The standard InChI is InChI=1S/C30H36IN3O5S/c1-4-6-19-32-30(36)28(5-2)33(21-23-11-10-12-26(20-23)39-3)29(35)22-34(25-17-15-24(31)16-18-25)40(37,38)27-13-8-7-9-14-27/h7-18,20,28H,4-6,19,21-22H2,1-3H3,(H,32,36)/t28-/m1/s1. The average molecular weight is 678 g/mol. The zero-order chi connectivity index (χ0) is 29.1. The van der Waals surface area contributed by atoms with E-state index in [9.17, 15) is 18.0 Å². The number of benzene rings is 3. The van der Waals surface area contributed by atoms with E-state index in [1.807, 2.05) is 26.0 Å². The lowest BCUT2D eigenvalue weighted by Crippen LogP contribution is -2.52. The fourth-order valence-electron chi connectivity index (χ4n) is 4.25. The van der Waals surface area contributed by atoms with Gasteiger partial charge in [0.1, 0.15) is 18.3 Å². The van der Waals surface area contributed by atoms with E-state index in [1.54, 1.807) is 61.7 Å². The van der Waals surface area contributed by atoms with Gasteiger partial charge in [-0.25, -0.2) is 8.42 Å². The number of halogens is 1. The molecule has 2 amide bonds. The molecule has 1 N–H and O–H groups in total. The molecule has 3 aromatic rings. The summed E-state index contributed by atoms with van der Waals surface area (Å²) in [6, 6.07) is 21.4. The van der Waals surface area contributed by atoms with Crippen molar-refractivity contribution in [1.82, 2.24) is 10.2 Å². The molecule has 1 atom stereocenters. The highest BCUT2D eigenvalue weighted by Crippen LogP contribution is 2.26. The van der Waals surface area contributed by atoms with Crippen molar-refractivity contribution in [3.8, 4) is 5.75 Å². The fourth-order valence-corrected chi connectivity index (χ4v) is 6.04. The zero-order valence-corrected chi connectivity index (χ0v) is 26.0. The van der Waals surface area contributed by atoms with Crippen molar-refractivity contribution in [2.45, 2.75) is 50.6 Å². The van der Waals surface area contributed by atoms with Gasteiger partial charge in [0.15, 0.2) is 0 Å². The zero-order valence-electron chi connectivity index (χ0n) is 23.0. The molecule has 3 aromatic carbocycles. The van der Waals surface area contributed by atoms with E-state index in [0.29, 0.717) is 24.4 Å². The molecule has 0 aliphatic carbocycles. The molecule has 0 saturated carbocycles. The Morgan fingerprint density at radius 1 is 0.975 bits per heavy atom. The maximum absolute atomic E-state index is 14.1. The summed E-state index contributed by atoms with van der Waals surface area (Å²) in [5.74, 6) is -0.130. The second-order valence-corrected chi connectivity index (χ2v) is 12.4. The summed E-state index contributed by atoms with van der Waals surface area (Å²) in [6.45, 7) is 4.02. The Morgan fingerprint density at radius 2 is 1.68 bits per heavy atom. The van der Waals surface area contributed by atoms with Crippen LogP contribution < -0.4 is 14.4 Å². The number of carbonyl (C=O) groups is 2. The third-order valence-electron chi connectivity index (χ3n) is 6.43. The molecular formula is C30H36IN3O5S. The number of hydrogen-bond donors (Lipinski definition) is 1. The number of carbonyl (C=O) groups excluding carboxylic acids is 2. The van der Waals surface area contributed by atoms with Gasteiger partial charge in [0.05, 0.1) is 17.7 Å². The minimum absolute atomic E-state index is 0.0741. The Hall–Kier alpha value is -3.12. The lowest BCUT2D eigenvalue weighted by Gasteiger charge is -2.33. The molecule has 214 valence electrons. The molecule has 0 aromatic heterocycles. The van der Waals surface area contributed by atoms with Gasteiger partial charge in [-0.1, -0.05) is 50.6 Å². The summed E-state index contributed by atoms with van der Waals surface area (Å²) in [7, 11) is -2.53. The average Bonchev–Trinajstić information content (AvgIpc) is 2.97. The third-order valence-corrected chi connectivity index (χ3v) is 8.93. The maximum Gasteiger partial charge on any atom is 0.264 e. The molecule has 0 spiro atoms. The van der Waals surface area contributed by atoms with Crippen LogP contribution in [-0.2, 0) is 26.2 Å². The Labute approximate surface area is 250 Å². The van der Waals surface area contributed by atoms with Crippen LogP contribution in [-0.4, -0.2) is 51.4 Å². The normalized spacial score (nSPS) is 11.9. The number of amides is 2. The molecular weight excluding hydrogens is 641 g/mol. The quantitative estimate of drug-likeness (QED) is 0.187. The van der Waals surface area contributed by atoms with E-state index in [-0.39, 0.29) is 17.3 Å². The molecule has 0 aliphatic rings. The lowest BCUT2D eigenvalue weighted by atomic mass is 10.1. The first-order valence-corrected chi connectivity index (χ1v) is 15.8. The molecule has 3 rings (SSSR count). The summed E-state index contributed by atoms with van der Waals surface area (Å²) in [5.41, 5.74) is 1.12. The van der Waals surface area contributed by atoms with Crippen molar-refractivity contribution in [2.75, 3.05) is 24.5 Å². The minimum atomic E-state index is -4.09. The molecule has 0 bridgehead atoms. The Balaban J connectivity index is 2.02. The first-order chi connectivity index (χ1) is 19.2. The van der Waals surface area contributed by atoms with Crippen LogP contribution in [0.3, 0.4) is 0 Å². The van der Waals surface area contributed by atoms with E-state index in [0.717, 1.165) is 26.3 Å². The van der Waals surface area contributed by atoms with Crippen molar-refractivity contribution >= 4 is 50.1 Å². The van der Waals surface area contributed by atoms with Gasteiger partial charge in [0, 0.05) is 16.7 Å². The van der Waals surface area contributed by atoms with Crippen LogP contribution in [0, 0.1) is 3.57 Å². The van der Waals surface area contributed by atoms with E-state index in [2.05, 4.69) is 27.9 Å². The number of nitrogens with zero attached hydrogens (tertiary/aromatic N) is 2. The third kappa shape index (κ3) is 8.20. The predicted molar refractivity (Wildman–Crippen MR) is 166 cm³/mol. The summed E-state index contributed by atoms with van der Waals surface area (Å²) in [5, 5.41) is 2.94. The number of rotatable bonds is 14. The van der Waals surface area contributed by atoms with E-state index < -0.39 is 28.5 Å². The molecule has 0 heterocycles. The topological polar surface area (TPSA) is 96.0 Å². The number of hydrogen-bond acceptors (Lipinski definition) is 5. The summed E-state index contributed by atoms with van der Waals surface area (Å²) in [6.07, 6.45) is 2.11. The molecule has 0 radical (unpaired) electrons. The van der Waals surface area contributed by atoms with Gasteiger partial charge >= 0.3 is 0 Å². The second kappa shape index (κ2) is 15.0. The molecule has 0 saturated heterocycles. The Morgan fingerprint density at radius 3 is 2.30 bits per heavy atom. The fraction of sp³-hybridized carbons (Fsp3) is 0.333. The monoisotopic (exact) mass is 677 g/mol. The first kappa shape index (κ1) is 31.4. The van der Waals surface area contributed by atoms with Crippen LogP contribution in [0.1, 0.15) is 38.7 Å². The van der Waals surface area contributed by atoms with Crippen molar-refractivity contribution in [3.05, 3.63) is 88.0 Å². The largest absolute Gasteiger partial charge is 0.497 e. The van der Waals surface area contributed by atoms with Crippen LogP contribution >= 0.6 is 22.6 Å². The predicted octanol–water partition coefficient (Wildman–Crippen LogP) is 5.22. The van der Waals surface area contributed by atoms with Gasteiger partial charge in [-0.3, -0.25) is 13.9 Å². The highest BCUT2D eigenvalue weighted by atomic mass is 127. The van der Waals surface area contributed by atoms with Gasteiger partial charge < -0.3 is 15.0 Å². The SMILES string of the molecule is CCCCNC(=O)[C@@H](CC)N(Cc1cccc(OC)c1)C(=O)CN(c1ccc(I)cc1)S(=O)(=O)c1ccccc1. The van der Waals surface area contributed by atoms with Gasteiger partial charge in [-0.15, -0.1) is 0 Å². The highest BCUT2D eigenvalue weighted by Gasteiger charge is 2.33. The number of methoxy groups -OCH3 is 1. The van der Waals surface area contributed by atoms with E-state index in [4.69, 9.17) is 4.74 Å². The van der Waals surface area contributed by atoms with Gasteiger partial charge in [0.2, 0.25) is 11.8 Å². The number of nitrogens with one attached hydrogen (secondary N) is 1. The molecule has 10 heteroatoms. The Kier molecular flexibility index (Phi) is 11.8. The summed E-state index contributed by atoms with van der Waals surface area (Å²) < 4.78 is 35.0. The second-order valence-electron chi connectivity index (χ2n) is 9.24. The minimum Gasteiger partial charge on any atom is -0.497 e. The molecule has 8 nitrogen and oxygen atoms in total. The number of unbranched alkanes of at least 4 members (excludes halogenated alkanes) is 1. The van der Waals surface area contributed by atoms with Crippen LogP contribution in [0.25, 0.3) is 0 Å². The first-order valence-electron chi connectivity index (χ1n) is 13.2. The molecule has 0 aliphatic heterocycles. The van der Waals surface area contributed by atoms with Gasteiger partial charge in [-0.2, -0.15) is 0 Å². The van der Waals surface area contributed by atoms with Crippen molar-refractivity contribution in [1.29, 1.82) is 0 Å². The maximum atomic E-state index is 14.1. The van der Waals surface area contributed by atoms with Crippen LogP contribution in [0.5, 0.6) is 5.75 Å². The number of anilines is 1.